The zero-order valence-electron chi connectivity index (χ0n) is 9.25. The van der Waals surface area contributed by atoms with Crippen molar-refractivity contribution in [2.24, 2.45) is 11.5 Å². The number of carboxylic acid groups (broad SMARTS) is 1. The molecule has 0 fully saturated rings. The highest BCUT2D eigenvalue weighted by Gasteiger charge is 2.37. The summed E-state index contributed by atoms with van der Waals surface area (Å²) in [7, 11) is -4.09. The van der Waals surface area contributed by atoms with Crippen LogP contribution in [0.2, 0.25) is 0 Å². The van der Waals surface area contributed by atoms with E-state index in [4.69, 9.17) is 21.1 Å². The van der Waals surface area contributed by atoms with Crippen LogP contribution in [0.3, 0.4) is 0 Å². The van der Waals surface area contributed by atoms with Crippen molar-refractivity contribution in [3.63, 3.8) is 0 Å². The standard InChI is InChI=1S/C8H13N3O5S/c1-3-6(4(2)16-11-3)17(14,15)7(10)5(9)8(12)13/h5,7H,9-10H2,1-2H3,(H,12,13). The van der Waals surface area contributed by atoms with Gasteiger partial charge in [-0.15, -0.1) is 0 Å². The lowest BCUT2D eigenvalue weighted by atomic mass is 10.3. The Balaban J connectivity index is 3.26. The Hall–Kier alpha value is -1.45. The molecule has 1 aromatic heterocycles. The molecule has 0 saturated carbocycles. The van der Waals surface area contributed by atoms with Gasteiger partial charge in [0.2, 0.25) is 9.84 Å². The number of nitrogens with two attached hydrogens (primary N) is 2. The first-order valence-corrected chi connectivity index (χ1v) is 6.15. The third-order valence-corrected chi connectivity index (χ3v) is 4.41. The van der Waals surface area contributed by atoms with Crippen molar-refractivity contribution in [1.82, 2.24) is 5.16 Å². The summed E-state index contributed by atoms with van der Waals surface area (Å²) in [5.74, 6) is -1.44. The van der Waals surface area contributed by atoms with E-state index >= 15 is 0 Å². The second-order valence-electron chi connectivity index (χ2n) is 3.53. The first-order chi connectivity index (χ1) is 7.69. The van der Waals surface area contributed by atoms with Gasteiger partial charge in [-0.05, 0) is 13.8 Å². The number of aromatic nitrogens is 1. The molecule has 0 aliphatic rings. The summed E-state index contributed by atoms with van der Waals surface area (Å²) < 4.78 is 28.7. The van der Waals surface area contributed by atoms with Gasteiger partial charge >= 0.3 is 5.97 Å². The molecule has 0 aliphatic carbocycles. The summed E-state index contributed by atoms with van der Waals surface area (Å²) in [6.07, 6.45) is 0. The third kappa shape index (κ3) is 2.30. The number of nitrogens with zero attached hydrogens (tertiary/aromatic N) is 1. The molecule has 0 aromatic carbocycles. The molecule has 5 N–H and O–H groups in total. The minimum atomic E-state index is -4.09. The molecular weight excluding hydrogens is 250 g/mol. The van der Waals surface area contributed by atoms with E-state index in [1.807, 2.05) is 0 Å². The molecule has 0 amide bonds. The molecule has 1 aromatic rings. The van der Waals surface area contributed by atoms with Crippen molar-refractivity contribution in [3.05, 3.63) is 11.5 Å². The number of aliphatic carboxylic acids is 1. The van der Waals surface area contributed by atoms with Gasteiger partial charge in [0.15, 0.2) is 5.76 Å². The predicted molar refractivity (Wildman–Crippen MR) is 56.7 cm³/mol. The number of carbonyl (C=O) groups is 1. The van der Waals surface area contributed by atoms with Crippen LogP contribution >= 0.6 is 0 Å². The van der Waals surface area contributed by atoms with Gasteiger partial charge in [0.25, 0.3) is 0 Å². The van der Waals surface area contributed by atoms with Crippen LogP contribution in [0.4, 0.5) is 0 Å². The largest absolute Gasteiger partial charge is 0.480 e. The molecule has 1 heterocycles. The molecule has 0 radical (unpaired) electrons. The highest BCUT2D eigenvalue weighted by Crippen LogP contribution is 2.22. The maximum absolute atomic E-state index is 12.0. The second-order valence-corrected chi connectivity index (χ2v) is 5.57. The summed E-state index contributed by atoms with van der Waals surface area (Å²) in [4.78, 5) is 10.4. The molecule has 17 heavy (non-hydrogen) atoms. The van der Waals surface area contributed by atoms with E-state index in [-0.39, 0.29) is 16.3 Å². The Morgan fingerprint density at radius 3 is 2.29 bits per heavy atom. The van der Waals surface area contributed by atoms with E-state index in [9.17, 15) is 13.2 Å². The van der Waals surface area contributed by atoms with Crippen molar-refractivity contribution in [2.75, 3.05) is 0 Å². The quantitative estimate of drug-likeness (QED) is 0.610. The van der Waals surface area contributed by atoms with Gasteiger partial charge in [-0.2, -0.15) is 0 Å². The summed E-state index contributed by atoms with van der Waals surface area (Å²) in [6, 6.07) is -1.71. The normalized spacial score (nSPS) is 15.5. The molecule has 96 valence electrons. The number of aryl methyl sites for hydroxylation is 2. The average Bonchev–Trinajstić information content (AvgIpc) is 2.56. The van der Waals surface area contributed by atoms with Gasteiger partial charge in [0.05, 0.1) is 5.69 Å². The van der Waals surface area contributed by atoms with E-state index < -0.39 is 27.2 Å². The van der Waals surface area contributed by atoms with Crippen molar-refractivity contribution in [2.45, 2.75) is 30.2 Å². The fourth-order valence-electron chi connectivity index (χ4n) is 1.35. The predicted octanol–water partition coefficient (Wildman–Crippen LogP) is -1.24. The molecule has 1 rings (SSSR count). The summed E-state index contributed by atoms with van der Waals surface area (Å²) >= 11 is 0. The molecule has 0 saturated heterocycles. The van der Waals surface area contributed by atoms with E-state index in [1.165, 1.54) is 13.8 Å². The Bertz CT molecular complexity index is 516. The van der Waals surface area contributed by atoms with Crippen LogP contribution in [0.25, 0.3) is 0 Å². The van der Waals surface area contributed by atoms with Crippen molar-refractivity contribution in [3.8, 4) is 0 Å². The topological polar surface area (TPSA) is 150 Å². The molecule has 0 bridgehead atoms. The SMILES string of the molecule is Cc1noc(C)c1S(=O)(=O)C(N)C(N)C(=O)O. The van der Waals surface area contributed by atoms with E-state index in [2.05, 4.69) is 5.16 Å². The smallest absolute Gasteiger partial charge is 0.323 e. The van der Waals surface area contributed by atoms with Crippen LogP contribution in [-0.2, 0) is 14.6 Å². The van der Waals surface area contributed by atoms with Gasteiger partial charge in [-0.1, -0.05) is 5.16 Å². The fraction of sp³-hybridized carbons (Fsp3) is 0.500. The number of sulfone groups is 1. The lowest BCUT2D eigenvalue weighted by molar-refractivity contribution is -0.138. The van der Waals surface area contributed by atoms with E-state index in [0.717, 1.165) is 0 Å². The highest BCUT2D eigenvalue weighted by molar-refractivity contribution is 7.92. The summed E-state index contributed by atoms with van der Waals surface area (Å²) in [5, 5.41) is 10.4. The fourth-order valence-corrected chi connectivity index (χ4v) is 3.01. The van der Waals surface area contributed by atoms with Crippen LogP contribution in [0.5, 0.6) is 0 Å². The van der Waals surface area contributed by atoms with Crippen LogP contribution < -0.4 is 11.5 Å². The highest BCUT2D eigenvalue weighted by atomic mass is 32.2. The minimum Gasteiger partial charge on any atom is -0.480 e. The minimum absolute atomic E-state index is 0.0514. The van der Waals surface area contributed by atoms with E-state index in [0.29, 0.717) is 0 Å². The zero-order chi connectivity index (χ0) is 13.4. The van der Waals surface area contributed by atoms with Gasteiger partial charge in [-0.25, -0.2) is 8.42 Å². The van der Waals surface area contributed by atoms with Crippen LogP contribution in [-0.4, -0.2) is 36.1 Å². The van der Waals surface area contributed by atoms with Gasteiger partial charge in [-0.3, -0.25) is 4.79 Å². The maximum Gasteiger partial charge on any atom is 0.323 e. The lowest BCUT2D eigenvalue weighted by Gasteiger charge is -2.16. The van der Waals surface area contributed by atoms with Crippen LogP contribution in [0.15, 0.2) is 9.42 Å². The monoisotopic (exact) mass is 263 g/mol. The second kappa shape index (κ2) is 4.43. The summed E-state index contributed by atoms with van der Waals surface area (Å²) in [5.41, 5.74) is 10.7. The average molecular weight is 263 g/mol. The molecule has 9 heteroatoms. The first kappa shape index (κ1) is 13.6. The molecule has 2 atom stereocenters. The Kier molecular flexibility index (Phi) is 3.55. The number of hydrogen-bond donors (Lipinski definition) is 3. The Labute approximate surface area is 97.5 Å². The maximum atomic E-state index is 12.0. The lowest BCUT2D eigenvalue weighted by Crippen LogP contribution is -2.51. The summed E-state index contributed by atoms with van der Waals surface area (Å²) in [6.45, 7) is 2.81. The van der Waals surface area contributed by atoms with Gasteiger partial charge in [0.1, 0.15) is 16.3 Å². The van der Waals surface area contributed by atoms with Crippen LogP contribution in [0, 0.1) is 13.8 Å². The molecular formula is C8H13N3O5S. The number of rotatable bonds is 4. The van der Waals surface area contributed by atoms with Crippen molar-refractivity contribution < 1.29 is 22.8 Å². The van der Waals surface area contributed by atoms with Crippen LogP contribution in [0.1, 0.15) is 11.5 Å². The molecule has 2 unspecified atom stereocenters. The van der Waals surface area contributed by atoms with Crippen molar-refractivity contribution >= 4 is 15.8 Å². The Morgan fingerprint density at radius 1 is 1.41 bits per heavy atom. The molecule has 8 nitrogen and oxygen atoms in total. The van der Waals surface area contributed by atoms with E-state index in [1.54, 1.807) is 0 Å². The molecule has 0 spiro atoms. The Morgan fingerprint density at radius 2 is 1.94 bits per heavy atom. The zero-order valence-corrected chi connectivity index (χ0v) is 10.1. The number of hydrogen-bond acceptors (Lipinski definition) is 7. The number of carboxylic acids is 1. The van der Waals surface area contributed by atoms with Gasteiger partial charge in [0, 0.05) is 0 Å². The first-order valence-electron chi connectivity index (χ1n) is 4.60. The van der Waals surface area contributed by atoms with Gasteiger partial charge < -0.3 is 21.1 Å². The van der Waals surface area contributed by atoms with Crippen molar-refractivity contribution in [1.29, 1.82) is 0 Å². The third-order valence-electron chi connectivity index (χ3n) is 2.25. The molecule has 0 aliphatic heterocycles.